The van der Waals surface area contributed by atoms with Crippen LogP contribution in [0.3, 0.4) is 0 Å². The van der Waals surface area contributed by atoms with E-state index in [9.17, 15) is 4.79 Å². The molecule has 0 amide bonds. The Morgan fingerprint density at radius 1 is 1.55 bits per heavy atom. The lowest BCUT2D eigenvalue weighted by Crippen LogP contribution is -2.13. The van der Waals surface area contributed by atoms with Gasteiger partial charge >= 0.3 is 0 Å². The Hall–Kier alpha value is -0.840. The first kappa shape index (κ1) is 10.2. The summed E-state index contributed by atoms with van der Waals surface area (Å²) >= 11 is 0. The van der Waals surface area contributed by atoms with Crippen molar-refractivity contribution in [1.82, 2.24) is 0 Å². The number of carbonyl (C=O) groups is 1. The van der Waals surface area contributed by atoms with E-state index in [1.165, 1.54) is 0 Å². The summed E-state index contributed by atoms with van der Waals surface area (Å²) < 4.78 is 0. The van der Waals surface area contributed by atoms with E-state index in [2.05, 4.69) is 0 Å². The summed E-state index contributed by atoms with van der Waals surface area (Å²) in [6.07, 6.45) is 1.17. The molecule has 0 saturated carbocycles. The largest absolute Gasteiger partial charge is 0.298 e. The molecule has 2 heteroatoms. The molecule has 0 radical (unpaired) electrons. The first-order valence-corrected chi connectivity index (χ1v) is 4.04. The van der Waals surface area contributed by atoms with E-state index in [1.807, 2.05) is 26.8 Å². The van der Waals surface area contributed by atoms with Crippen LogP contribution in [0.2, 0.25) is 0 Å². The second-order valence-corrected chi connectivity index (χ2v) is 3.15. The maximum Gasteiger partial charge on any atom is 0.150 e. The molecule has 0 aliphatic carbocycles. The van der Waals surface area contributed by atoms with Crippen LogP contribution in [0.5, 0.6) is 0 Å². The fourth-order valence-corrected chi connectivity index (χ4v) is 0.936. The van der Waals surface area contributed by atoms with Gasteiger partial charge in [0, 0.05) is 6.42 Å². The number of rotatable bonds is 4. The van der Waals surface area contributed by atoms with Crippen LogP contribution < -0.4 is 0 Å². The predicted octanol–water partition coefficient (Wildman–Crippen LogP) is 2.15. The van der Waals surface area contributed by atoms with Crippen molar-refractivity contribution in [2.75, 3.05) is 0 Å². The first-order valence-electron chi connectivity index (χ1n) is 4.04. The molecule has 0 N–H and O–H groups in total. The maximum absolute atomic E-state index is 11.2. The topological polar surface area (TPSA) is 40.9 Å². The second kappa shape index (κ2) is 4.90. The average molecular weight is 153 g/mol. The minimum Gasteiger partial charge on any atom is -0.298 e. The van der Waals surface area contributed by atoms with Gasteiger partial charge in [0.25, 0.3) is 0 Å². The summed E-state index contributed by atoms with van der Waals surface area (Å²) in [4.78, 5) is 11.2. The molecule has 62 valence electrons. The molecule has 0 heterocycles. The van der Waals surface area contributed by atoms with Crippen LogP contribution in [0.1, 0.15) is 33.6 Å². The first-order chi connectivity index (χ1) is 5.11. The fourth-order valence-electron chi connectivity index (χ4n) is 0.936. The molecule has 0 aliphatic heterocycles. The number of nitrogens with zero attached hydrogens (tertiary/aromatic N) is 1. The summed E-state index contributed by atoms with van der Waals surface area (Å²) in [6, 6.07) is 2.01. The molecule has 0 bridgehead atoms. The van der Waals surface area contributed by atoms with Crippen LogP contribution >= 0.6 is 0 Å². The maximum atomic E-state index is 11.2. The van der Waals surface area contributed by atoms with Gasteiger partial charge in [0.15, 0.2) is 0 Å². The van der Waals surface area contributed by atoms with E-state index in [0.29, 0.717) is 18.8 Å². The minimum atomic E-state index is -0.377. The van der Waals surface area contributed by atoms with E-state index >= 15 is 0 Å². The van der Waals surface area contributed by atoms with Crippen molar-refractivity contribution in [3.05, 3.63) is 0 Å². The van der Waals surface area contributed by atoms with Gasteiger partial charge in [0.05, 0.1) is 6.07 Å². The minimum absolute atomic E-state index is 0.0880. The Labute approximate surface area is 68.2 Å². The van der Waals surface area contributed by atoms with Gasteiger partial charge in [-0.2, -0.15) is 5.26 Å². The predicted molar refractivity (Wildman–Crippen MR) is 43.9 cm³/mol. The Kier molecular flexibility index (Phi) is 4.52. The lowest BCUT2D eigenvalue weighted by atomic mass is 9.95. The van der Waals surface area contributed by atoms with Crippen molar-refractivity contribution >= 4 is 5.78 Å². The smallest absolute Gasteiger partial charge is 0.150 e. The van der Waals surface area contributed by atoms with Crippen LogP contribution in [0.15, 0.2) is 0 Å². The van der Waals surface area contributed by atoms with Crippen LogP contribution in [-0.4, -0.2) is 5.78 Å². The van der Waals surface area contributed by atoms with Crippen LogP contribution in [-0.2, 0) is 4.79 Å². The zero-order chi connectivity index (χ0) is 8.85. The summed E-state index contributed by atoms with van der Waals surface area (Å²) in [5.41, 5.74) is 0. The summed E-state index contributed by atoms with van der Waals surface area (Å²) in [5.74, 6) is 0.0762. The van der Waals surface area contributed by atoms with Gasteiger partial charge in [-0.05, 0) is 12.3 Å². The van der Waals surface area contributed by atoms with Gasteiger partial charge in [0.2, 0.25) is 0 Å². The number of hydrogen-bond acceptors (Lipinski definition) is 2. The lowest BCUT2D eigenvalue weighted by Gasteiger charge is -2.06. The molecule has 0 aliphatic rings. The molecule has 1 unspecified atom stereocenters. The molecule has 0 aromatic heterocycles. The van der Waals surface area contributed by atoms with Crippen LogP contribution in [0, 0.1) is 23.2 Å². The number of Topliss-reactive ketones (excluding diaryl/α,β-unsaturated/α-hetero) is 1. The third-order valence-corrected chi connectivity index (χ3v) is 1.56. The standard InChI is InChI=1S/C9H15NO/c1-4-8(6-10)9(11)5-7(2)3/h7-8H,4-5H2,1-3H3. The van der Waals surface area contributed by atoms with Crippen molar-refractivity contribution in [2.24, 2.45) is 11.8 Å². The molecule has 2 nitrogen and oxygen atoms in total. The molecular formula is C9H15NO. The molecule has 0 fully saturated rings. The number of nitriles is 1. The molecule has 0 spiro atoms. The molecule has 11 heavy (non-hydrogen) atoms. The summed E-state index contributed by atoms with van der Waals surface area (Å²) in [6.45, 7) is 5.84. The highest BCUT2D eigenvalue weighted by molar-refractivity contribution is 5.83. The third-order valence-electron chi connectivity index (χ3n) is 1.56. The quantitative estimate of drug-likeness (QED) is 0.621. The van der Waals surface area contributed by atoms with Crippen molar-refractivity contribution in [2.45, 2.75) is 33.6 Å². The van der Waals surface area contributed by atoms with Crippen LogP contribution in [0.25, 0.3) is 0 Å². The Balaban J connectivity index is 3.92. The molecule has 0 rings (SSSR count). The lowest BCUT2D eigenvalue weighted by molar-refractivity contribution is -0.122. The van der Waals surface area contributed by atoms with Gasteiger partial charge in [-0.1, -0.05) is 20.8 Å². The molecular weight excluding hydrogens is 138 g/mol. The van der Waals surface area contributed by atoms with Crippen molar-refractivity contribution in [3.63, 3.8) is 0 Å². The Morgan fingerprint density at radius 2 is 2.09 bits per heavy atom. The molecule has 0 aromatic carbocycles. The summed E-state index contributed by atoms with van der Waals surface area (Å²) in [7, 11) is 0. The van der Waals surface area contributed by atoms with Gasteiger partial charge in [0.1, 0.15) is 11.7 Å². The van der Waals surface area contributed by atoms with E-state index in [0.717, 1.165) is 0 Å². The van der Waals surface area contributed by atoms with Gasteiger partial charge < -0.3 is 0 Å². The monoisotopic (exact) mass is 153 g/mol. The number of hydrogen-bond donors (Lipinski definition) is 0. The van der Waals surface area contributed by atoms with Crippen LogP contribution in [0.4, 0.5) is 0 Å². The van der Waals surface area contributed by atoms with Crippen molar-refractivity contribution < 1.29 is 4.79 Å². The van der Waals surface area contributed by atoms with E-state index in [4.69, 9.17) is 5.26 Å². The SMILES string of the molecule is CCC(C#N)C(=O)CC(C)C. The third kappa shape index (κ3) is 3.77. The van der Waals surface area contributed by atoms with E-state index in [-0.39, 0.29) is 11.7 Å². The Morgan fingerprint density at radius 3 is 2.36 bits per heavy atom. The zero-order valence-corrected chi connectivity index (χ0v) is 7.42. The second-order valence-electron chi connectivity index (χ2n) is 3.15. The van der Waals surface area contributed by atoms with Gasteiger partial charge in [-0.15, -0.1) is 0 Å². The van der Waals surface area contributed by atoms with Gasteiger partial charge in [-0.3, -0.25) is 4.79 Å². The normalized spacial score (nSPS) is 12.6. The molecule has 0 aromatic rings. The fraction of sp³-hybridized carbons (Fsp3) is 0.778. The van der Waals surface area contributed by atoms with Crippen molar-refractivity contribution in [1.29, 1.82) is 5.26 Å². The zero-order valence-electron chi connectivity index (χ0n) is 7.42. The van der Waals surface area contributed by atoms with E-state index < -0.39 is 0 Å². The van der Waals surface area contributed by atoms with E-state index in [1.54, 1.807) is 0 Å². The highest BCUT2D eigenvalue weighted by Gasteiger charge is 2.15. The number of carbonyl (C=O) groups excluding carboxylic acids is 1. The average Bonchev–Trinajstić information content (AvgIpc) is 1.88. The highest BCUT2D eigenvalue weighted by Crippen LogP contribution is 2.10. The Bertz CT molecular complexity index is 167. The summed E-state index contributed by atoms with van der Waals surface area (Å²) in [5, 5.41) is 8.54. The van der Waals surface area contributed by atoms with Gasteiger partial charge in [-0.25, -0.2) is 0 Å². The number of ketones is 1. The van der Waals surface area contributed by atoms with Crippen molar-refractivity contribution in [3.8, 4) is 6.07 Å². The molecule has 1 atom stereocenters. The highest BCUT2D eigenvalue weighted by atomic mass is 16.1. The molecule has 0 saturated heterocycles.